The predicted molar refractivity (Wildman–Crippen MR) is 78.7 cm³/mol. The molecule has 0 aliphatic carbocycles. The van der Waals surface area contributed by atoms with Gasteiger partial charge < -0.3 is 5.11 Å². The summed E-state index contributed by atoms with van der Waals surface area (Å²) < 4.78 is 0. The molecule has 0 spiro atoms. The first kappa shape index (κ1) is 12.0. The van der Waals surface area contributed by atoms with Crippen LogP contribution in [0.15, 0.2) is 42.5 Å². The minimum absolute atomic E-state index is 0.251. The van der Waals surface area contributed by atoms with Crippen LogP contribution < -0.4 is 0 Å². The van der Waals surface area contributed by atoms with Crippen molar-refractivity contribution in [2.45, 2.75) is 0 Å². The Bertz CT molecular complexity index is 817. The lowest BCUT2D eigenvalue weighted by Crippen LogP contribution is -1.76. The lowest BCUT2D eigenvalue weighted by Gasteiger charge is -2.03. The van der Waals surface area contributed by atoms with Crippen LogP contribution in [-0.4, -0.2) is 5.11 Å². The highest BCUT2D eigenvalue weighted by Gasteiger charge is 2.10. The maximum atomic E-state index is 9.44. The number of aromatic hydroxyl groups is 1. The molecule has 1 heterocycles. The van der Waals surface area contributed by atoms with Crippen molar-refractivity contribution in [2.75, 3.05) is 0 Å². The summed E-state index contributed by atoms with van der Waals surface area (Å²) in [6.45, 7) is 0. The molecule has 1 N–H and O–H groups in total. The fourth-order valence-corrected chi connectivity index (χ4v) is 3.24. The molecule has 0 saturated carbocycles. The van der Waals surface area contributed by atoms with Gasteiger partial charge in [0.1, 0.15) is 16.7 Å². The summed E-state index contributed by atoms with van der Waals surface area (Å²) in [7, 11) is 0. The molecular formula is C15H8ClNOS. The first-order valence-electron chi connectivity index (χ1n) is 5.60. The second-order valence-electron chi connectivity index (χ2n) is 4.15. The number of rotatable bonds is 1. The van der Waals surface area contributed by atoms with E-state index < -0.39 is 0 Å². The molecule has 0 fully saturated rings. The molecule has 0 radical (unpaired) electrons. The van der Waals surface area contributed by atoms with E-state index in [0.717, 1.165) is 21.2 Å². The summed E-state index contributed by atoms with van der Waals surface area (Å²) in [4.78, 5) is 1.50. The number of fused-ring (bicyclic) bond motifs is 1. The van der Waals surface area contributed by atoms with Gasteiger partial charge in [-0.25, -0.2) is 0 Å². The van der Waals surface area contributed by atoms with Gasteiger partial charge in [0.2, 0.25) is 0 Å². The average Bonchev–Trinajstić information content (AvgIpc) is 2.79. The normalized spacial score (nSPS) is 10.5. The molecule has 0 atom stereocenters. The molecule has 19 heavy (non-hydrogen) atoms. The van der Waals surface area contributed by atoms with Crippen LogP contribution in [-0.2, 0) is 0 Å². The molecule has 0 bridgehead atoms. The molecule has 4 heteroatoms. The van der Waals surface area contributed by atoms with Gasteiger partial charge in [0.25, 0.3) is 0 Å². The first-order valence-corrected chi connectivity index (χ1v) is 6.79. The summed E-state index contributed by atoms with van der Waals surface area (Å²) in [5.41, 5.74) is 0.981. The highest BCUT2D eigenvalue weighted by molar-refractivity contribution is 7.16. The number of phenolic OH excluding ortho intramolecular Hbond substituents is 1. The number of halogens is 1. The van der Waals surface area contributed by atoms with Crippen molar-refractivity contribution in [3.05, 3.63) is 52.4 Å². The highest BCUT2D eigenvalue weighted by Crippen LogP contribution is 2.37. The molecule has 3 rings (SSSR count). The molecular weight excluding hydrogens is 278 g/mol. The van der Waals surface area contributed by atoms with Crippen LogP contribution in [0, 0.1) is 11.3 Å². The van der Waals surface area contributed by atoms with Gasteiger partial charge in [0.15, 0.2) is 0 Å². The summed E-state index contributed by atoms with van der Waals surface area (Å²) in [5.74, 6) is 0.251. The van der Waals surface area contributed by atoms with E-state index in [0.29, 0.717) is 9.90 Å². The van der Waals surface area contributed by atoms with Gasteiger partial charge in [0.05, 0.1) is 9.90 Å². The van der Waals surface area contributed by atoms with Crippen molar-refractivity contribution in [1.29, 1.82) is 5.26 Å². The summed E-state index contributed by atoms with van der Waals surface area (Å²) >= 11 is 7.54. The number of benzene rings is 2. The van der Waals surface area contributed by atoms with Gasteiger partial charge in [-0.2, -0.15) is 5.26 Å². The van der Waals surface area contributed by atoms with Crippen LogP contribution in [0.1, 0.15) is 4.88 Å². The van der Waals surface area contributed by atoms with Gasteiger partial charge in [-0.15, -0.1) is 11.3 Å². The van der Waals surface area contributed by atoms with Gasteiger partial charge in [-0.05, 0) is 40.6 Å². The first-order chi connectivity index (χ1) is 9.17. The molecule has 2 nitrogen and oxygen atoms in total. The Morgan fingerprint density at radius 3 is 2.53 bits per heavy atom. The van der Waals surface area contributed by atoms with Crippen molar-refractivity contribution in [1.82, 2.24) is 0 Å². The number of phenols is 1. The van der Waals surface area contributed by atoms with Crippen molar-refractivity contribution >= 4 is 33.7 Å². The van der Waals surface area contributed by atoms with E-state index in [1.165, 1.54) is 11.3 Å². The van der Waals surface area contributed by atoms with E-state index in [-0.39, 0.29) is 5.75 Å². The monoisotopic (exact) mass is 285 g/mol. The number of hydrogen-bond acceptors (Lipinski definition) is 3. The van der Waals surface area contributed by atoms with Crippen molar-refractivity contribution < 1.29 is 5.11 Å². The fourth-order valence-electron chi connectivity index (χ4n) is 2.00. The van der Waals surface area contributed by atoms with E-state index >= 15 is 0 Å². The molecule has 1 aromatic heterocycles. The average molecular weight is 286 g/mol. The van der Waals surface area contributed by atoms with Gasteiger partial charge in [-0.3, -0.25) is 0 Å². The summed E-state index contributed by atoms with van der Waals surface area (Å²) in [6.07, 6.45) is 0. The van der Waals surface area contributed by atoms with E-state index in [9.17, 15) is 5.11 Å². The summed E-state index contributed by atoms with van der Waals surface area (Å²) in [5, 5.41) is 20.9. The fraction of sp³-hybridized carbons (Fsp3) is 0. The predicted octanol–water partition coefficient (Wildman–Crippen LogP) is 4.80. The number of hydrogen-bond donors (Lipinski definition) is 1. The van der Waals surface area contributed by atoms with Crippen LogP contribution in [0.3, 0.4) is 0 Å². The molecule has 0 saturated heterocycles. The maximum absolute atomic E-state index is 9.44. The molecule has 0 aliphatic rings. The Morgan fingerprint density at radius 1 is 1.05 bits per heavy atom. The number of thiophene rings is 1. The van der Waals surface area contributed by atoms with Gasteiger partial charge >= 0.3 is 0 Å². The Hall–Kier alpha value is -2.02. The smallest absolute Gasteiger partial charge is 0.116 e. The minimum Gasteiger partial charge on any atom is -0.508 e. The Morgan fingerprint density at radius 2 is 1.79 bits per heavy atom. The van der Waals surface area contributed by atoms with Crippen molar-refractivity contribution in [3.63, 3.8) is 0 Å². The third kappa shape index (κ3) is 2.17. The largest absolute Gasteiger partial charge is 0.508 e. The highest BCUT2D eigenvalue weighted by atomic mass is 35.5. The van der Waals surface area contributed by atoms with Gasteiger partial charge in [0, 0.05) is 0 Å². The quantitative estimate of drug-likeness (QED) is 0.698. The third-order valence-electron chi connectivity index (χ3n) is 2.88. The molecule has 92 valence electrons. The third-order valence-corrected chi connectivity index (χ3v) is 4.38. The molecule has 0 aliphatic heterocycles. The SMILES string of the molecule is N#Cc1cc(Cl)c(-c2ccc3cc(O)ccc3c2)s1. The zero-order valence-corrected chi connectivity index (χ0v) is 11.3. The second-order valence-corrected chi connectivity index (χ2v) is 5.61. The lowest BCUT2D eigenvalue weighted by atomic mass is 10.1. The number of nitrogens with zero attached hydrogens (tertiary/aromatic N) is 1. The number of nitriles is 1. The Balaban J connectivity index is 2.18. The van der Waals surface area contributed by atoms with Crippen LogP contribution in [0.4, 0.5) is 0 Å². The van der Waals surface area contributed by atoms with Crippen LogP contribution in [0.2, 0.25) is 5.02 Å². The van der Waals surface area contributed by atoms with Crippen LogP contribution in [0.5, 0.6) is 5.75 Å². The van der Waals surface area contributed by atoms with E-state index in [4.69, 9.17) is 16.9 Å². The Kier molecular flexibility index (Phi) is 2.90. The van der Waals surface area contributed by atoms with Gasteiger partial charge in [-0.1, -0.05) is 29.8 Å². The minimum atomic E-state index is 0.251. The maximum Gasteiger partial charge on any atom is 0.116 e. The van der Waals surface area contributed by atoms with Crippen molar-refractivity contribution in [2.24, 2.45) is 0 Å². The van der Waals surface area contributed by atoms with E-state index in [2.05, 4.69) is 6.07 Å². The van der Waals surface area contributed by atoms with E-state index in [1.54, 1.807) is 18.2 Å². The van der Waals surface area contributed by atoms with Crippen LogP contribution >= 0.6 is 22.9 Å². The van der Waals surface area contributed by atoms with Crippen LogP contribution in [0.25, 0.3) is 21.2 Å². The summed E-state index contributed by atoms with van der Waals surface area (Å²) in [6, 6.07) is 14.9. The van der Waals surface area contributed by atoms with E-state index in [1.807, 2.05) is 24.3 Å². The zero-order chi connectivity index (χ0) is 13.4. The second kappa shape index (κ2) is 4.58. The standard InChI is InChI=1S/C15H8ClNOS/c16-14-7-13(8-17)19-15(14)11-2-1-10-6-12(18)4-3-9(10)5-11/h1-7,18H. The molecule has 2 aromatic carbocycles. The molecule has 3 aromatic rings. The molecule has 0 amide bonds. The Labute approximate surface area is 119 Å². The van der Waals surface area contributed by atoms with Crippen molar-refractivity contribution in [3.8, 4) is 22.3 Å². The molecule has 0 unspecified atom stereocenters. The zero-order valence-electron chi connectivity index (χ0n) is 9.72. The lowest BCUT2D eigenvalue weighted by molar-refractivity contribution is 0.476. The topological polar surface area (TPSA) is 44.0 Å².